The topological polar surface area (TPSA) is 50.2 Å². The Hall–Kier alpha value is -0.880. The maximum absolute atomic E-state index is 11.6. The minimum Gasteiger partial charge on any atom is -0.353 e. The molecule has 0 saturated heterocycles. The second-order valence-electron chi connectivity index (χ2n) is 4.86. The summed E-state index contributed by atoms with van der Waals surface area (Å²) in [5, 5.41) is 7.21. The van der Waals surface area contributed by atoms with Crippen molar-refractivity contribution in [2.75, 3.05) is 13.6 Å². The van der Waals surface area contributed by atoms with Gasteiger partial charge in [-0.2, -0.15) is 5.10 Å². The highest BCUT2D eigenvalue weighted by atomic mass is 79.9. The van der Waals surface area contributed by atoms with Crippen molar-refractivity contribution in [3.8, 4) is 0 Å². The maximum Gasteiger partial charge on any atom is 0.234 e. The molecule has 0 saturated carbocycles. The van der Waals surface area contributed by atoms with E-state index in [1.54, 1.807) is 0 Å². The van der Waals surface area contributed by atoms with Crippen LogP contribution in [-0.2, 0) is 18.4 Å². The number of hydrogen-bond acceptors (Lipinski definition) is 3. The molecule has 1 heterocycles. The number of aromatic nitrogens is 2. The molecule has 1 aromatic heterocycles. The molecule has 0 aliphatic rings. The van der Waals surface area contributed by atoms with E-state index in [9.17, 15) is 4.79 Å². The summed E-state index contributed by atoms with van der Waals surface area (Å²) < 4.78 is 2.86. The third-order valence-corrected chi connectivity index (χ3v) is 3.58. The predicted molar refractivity (Wildman–Crippen MR) is 75.3 cm³/mol. The number of halogens is 1. The van der Waals surface area contributed by atoms with Crippen molar-refractivity contribution < 1.29 is 4.79 Å². The van der Waals surface area contributed by atoms with E-state index < -0.39 is 0 Å². The monoisotopic (exact) mass is 316 g/mol. The Kier molecular flexibility index (Phi) is 5.34. The van der Waals surface area contributed by atoms with Crippen LogP contribution in [0.1, 0.15) is 25.2 Å². The highest BCUT2D eigenvalue weighted by molar-refractivity contribution is 9.10. The van der Waals surface area contributed by atoms with Crippen LogP contribution in [0.25, 0.3) is 0 Å². The van der Waals surface area contributed by atoms with Crippen LogP contribution in [0.5, 0.6) is 0 Å². The molecular weight excluding hydrogens is 296 g/mol. The summed E-state index contributed by atoms with van der Waals surface area (Å²) in [4.78, 5) is 13.6. The van der Waals surface area contributed by atoms with E-state index in [-0.39, 0.29) is 11.9 Å². The van der Waals surface area contributed by atoms with Crippen LogP contribution in [0, 0.1) is 6.92 Å². The Morgan fingerprint density at radius 2 is 2.17 bits per heavy atom. The molecule has 102 valence electrons. The van der Waals surface area contributed by atoms with E-state index in [4.69, 9.17) is 0 Å². The second-order valence-corrected chi connectivity index (χ2v) is 5.66. The van der Waals surface area contributed by atoms with E-state index in [0.717, 1.165) is 15.9 Å². The molecule has 0 bridgehead atoms. The van der Waals surface area contributed by atoms with Crippen LogP contribution < -0.4 is 5.32 Å². The largest absolute Gasteiger partial charge is 0.353 e. The van der Waals surface area contributed by atoms with Crippen LogP contribution in [0.4, 0.5) is 0 Å². The van der Waals surface area contributed by atoms with Gasteiger partial charge >= 0.3 is 0 Å². The molecule has 0 atom stereocenters. The van der Waals surface area contributed by atoms with E-state index in [1.807, 2.05) is 44.4 Å². The summed E-state index contributed by atoms with van der Waals surface area (Å²) in [6.07, 6.45) is 0. The molecule has 5 nitrogen and oxygen atoms in total. The van der Waals surface area contributed by atoms with E-state index in [0.29, 0.717) is 13.1 Å². The van der Waals surface area contributed by atoms with Crippen LogP contribution in [0.2, 0.25) is 0 Å². The lowest BCUT2D eigenvalue weighted by Crippen LogP contribution is -2.38. The molecule has 0 radical (unpaired) electrons. The quantitative estimate of drug-likeness (QED) is 0.894. The van der Waals surface area contributed by atoms with Gasteiger partial charge in [-0.15, -0.1) is 0 Å². The lowest BCUT2D eigenvalue weighted by atomic mass is 10.3. The first kappa shape index (κ1) is 15.2. The first-order valence-corrected chi connectivity index (χ1v) is 6.76. The van der Waals surface area contributed by atoms with E-state index >= 15 is 0 Å². The predicted octanol–water partition coefficient (Wildman–Crippen LogP) is 1.45. The number of nitrogens with zero attached hydrogens (tertiary/aromatic N) is 3. The molecule has 1 aromatic rings. The van der Waals surface area contributed by atoms with E-state index in [2.05, 4.69) is 26.3 Å². The molecular formula is C12H21BrN4O. The Morgan fingerprint density at radius 3 is 2.61 bits per heavy atom. The molecule has 0 fully saturated rings. The minimum absolute atomic E-state index is 0.0440. The Bertz CT molecular complexity index is 428. The summed E-state index contributed by atoms with van der Waals surface area (Å²) in [6, 6.07) is 0.177. The number of carbonyl (C=O) groups is 1. The maximum atomic E-state index is 11.6. The van der Waals surface area contributed by atoms with Crippen molar-refractivity contribution in [1.82, 2.24) is 20.0 Å². The fourth-order valence-corrected chi connectivity index (χ4v) is 2.24. The standard InChI is InChI=1S/C12H21BrN4O/c1-8(2)14-11(18)7-16(4)6-10-12(13)9(3)15-17(10)5/h8H,6-7H2,1-5H3,(H,14,18). The van der Waals surface area contributed by atoms with E-state index in [1.165, 1.54) is 0 Å². The zero-order valence-corrected chi connectivity index (χ0v) is 13.2. The fraction of sp³-hybridized carbons (Fsp3) is 0.667. The lowest BCUT2D eigenvalue weighted by Gasteiger charge is -2.17. The number of nitrogens with one attached hydrogen (secondary N) is 1. The summed E-state index contributed by atoms with van der Waals surface area (Å²) >= 11 is 3.53. The molecule has 0 aromatic carbocycles. The van der Waals surface area contributed by atoms with Crippen LogP contribution in [-0.4, -0.2) is 40.2 Å². The van der Waals surface area contributed by atoms with Crippen molar-refractivity contribution in [2.24, 2.45) is 7.05 Å². The highest BCUT2D eigenvalue weighted by Gasteiger charge is 2.14. The molecule has 1 rings (SSSR count). The first-order chi connectivity index (χ1) is 8.31. The zero-order chi connectivity index (χ0) is 13.9. The summed E-state index contributed by atoms with van der Waals surface area (Å²) in [7, 11) is 3.84. The Morgan fingerprint density at radius 1 is 1.56 bits per heavy atom. The second kappa shape index (κ2) is 6.33. The van der Waals surface area contributed by atoms with Gasteiger partial charge in [-0.25, -0.2) is 0 Å². The summed E-state index contributed by atoms with van der Waals surface area (Å²) in [5.74, 6) is 0.0440. The van der Waals surface area contributed by atoms with Gasteiger partial charge in [0.1, 0.15) is 0 Å². The van der Waals surface area contributed by atoms with Crippen molar-refractivity contribution >= 4 is 21.8 Å². The summed E-state index contributed by atoms with van der Waals surface area (Å²) in [5.41, 5.74) is 2.04. The zero-order valence-electron chi connectivity index (χ0n) is 11.6. The average Bonchev–Trinajstić information content (AvgIpc) is 2.43. The molecule has 1 N–H and O–H groups in total. The van der Waals surface area contributed by atoms with Gasteiger partial charge in [0.15, 0.2) is 0 Å². The molecule has 0 spiro atoms. The van der Waals surface area contributed by atoms with Crippen molar-refractivity contribution in [3.05, 3.63) is 15.9 Å². The van der Waals surface area contributed by atoms with Crippen LogP contribution in [0.3, 0.4) is 0 Å². The number of aryl methyl sites for hydroxylation is 2. The van der Waals surface area contributed by atoms with Gasteiger partial charge in [0.25, 0.3) is 0 Å². The van der Waals surface area contributed by atoms with Crippen molar-refractivity contribution in [3.63, 3.8) is 0 Å². The molecule has 0 aliphatic carbocycles. The van der Waals surface area contributed by atoms with Gasteiger partial charge in [-0.1, -0.05) is 0 Å². The normalized spacial score (nSPS) is 11.3. The smallest absolute Gasteiger partial charge is 0.234 e. The van der Waals surface area contributed by atoms with Gasteiger partial charge in [0.2, 0.25) is 5.91 Å². The number of amides is 1. The van der Waals surface area contributed by atoms with Crippen molar-refractivity contribution in [1.29, 1.82) is 0 Å². The van der Waals surface area contributed by atoms with Crippen LogP contribution >= 0.6 is 15.9 Å². The first-order valence-electron chi connectivity index (χ1n) is 5.97. The van der Waals surface area contributed by atoms with Gasteiger partial charge in [-0.3, -0.25) is 14.4 Å². The third-order valence-electron chi connectivity index (χ3n) is 2.54. The molecule has 6 heteroatoms. The molecule has 0 aliphatic heterocycles. The number of likely N-dealkylation sites (N-methyl/N-ethyl adjacent to an activating group) is 1. The SMILES string of the molecule is Cc1nn(C)c(CN(C)CC(=O)NC(C)C)c1Br. The highest BCUT2D eigenvalue weighted by Crippen LogP contribution is 2.21. The number of rotatable bonds is 5. The summed E-state index contributed by atoms with van der Waals surface area (Å²) in [6.45, 7) is 6.94. The van der Waals surface area contributed by atoms with Crippen LogP contribution in [0.15, 0.2) is 4.47 Å². The number of hydrogen-bond donors (Lipinski definition) is 1. The van der Waals surface area contributed by atoms with Crippen molar-refractivity contribution in [2.45, 2.75) is 33.4 Å². The lowest BCUT2D eigenvalue weighted by molar-refractivity contribution is -0.122. The third kappa shape index (κ3) is 4.10. The average molecular weight is 317 g/mol. The number of carbonyl (C=O) groups excluding carboxylic acids is 1. The van der Waals surface area contributed by atoms with Gasteiger partial charge < -0.3 is 5.32 Å². The fourth-order valence-electron chi connectivity index (χ4n) is 1.78. The Balaban J connectivity index is 2.59. The van der Waals surface area contributed by atoms with Gasteiger partial charge in [0, 0.05) is 19.6 Å². The molecule has 18 heavy (non-hydrogen) atoms. The van der Waals surface area contributed by atoms with Gasteiger partial charge in [-0.05, 0) is 43.7 Å². The van der Waals surface area contributed by atoms with Gasteiger partial charge in [0.05, 0.1) is 22.4 Å². The molecule has 1 amide bonds. The molecule has 0 unspecified atom stereocenters. The minimum atomic E-state index is 0.0440. The Labute approximate surface area is 117 Å².